The first-order valence-electron chi connectivity index (χ1n) is 6.73. The predicted octanol–water partition coefficient (Wildman–Crippen LogP) is 1.75. The van der Waals surface area contributed by atoms with E-state index in [0.29, 0.717) is 13.2 Å². The smallest absolute Gasteiger partial charge is 0.242 e. The van der Waals surface area contributed by atoms with Gasteiger partial charge in [-0.25, -0.2) is 0 Å². The second-order valence-corrected chi connectivity index (χ2v) is 5.19. The first kappa shape index (κ1) is 17.0. The standard InChI is InChI=1S/C15H22N2O2.ClH/c1-11-5-4-6-13(9-11)10-17(3)15(18)14-12(2)19-8-7-16-14;/h4-6,9,12,14,16H,7-8,10H2,1-3H3;1H/t12-,14+;/m1./s1. The molecule has 1 aliphatic rings. The van der Waals surface area contributed by atoms with Gasteiger partial charge >= 0.3 is 0 Å². The highest BCUT2D eigenvalue weighted by Gasteiger charge is 2.30. The van der Waals surface area contributed by atoms with Crippen LogP contribution in [0.3, 0.4) is 0 Å². The molecule has 0 aromatic heterocycles. The molecule has 1 amide bonds. The molecule has 5 heteroatoms. The van der Waals surface area contributed by atoms with E-state index in [1.165, 1.54) is 5.56 Å². The molecule has 1 aromatic rings. The summed E-state index contributed by atoms with van der Waals surface area (Å²) in [4.78, 5) is 14.1. The summed E-state index contributed by atoms with van der Waals surface area (Å²) in [6.45, 7) is 6.04. The fourth-order valence-electron chi connectivity index (χ4n) is 2.41. The van der Waals surface area contributed by atoms with Crippen LogP contribution in [-0.2, 0) is 16.1 Å². The predicted molar refractivity (Wildman–Crippen MR) is 82.1 cm³/mol. The van der Waals surface area contributed by atoms with Gasteiger partial charge in [0.05, 0.1) is 12.7 Å². The quantitative estimate of drug-likeness (QED) is 0.924. The lowest BCUT2D eigenvalue weighted by molar-refractivity contribution is -0.138. The molecule has 0 unspecified atom stereocenters. The zero-order valence-corrected chi connectivity index (χ0v) is 13.1. The van der Waals surface area contributed by atoms with E-state index in [-0.39, 0.29) is 30.5 Å². The Labute approximate surface area is 126 Å². The second kappa shape index (κ2) is 7.62. The number of aryl methyl sites for hydroxylation is 1. The summed E-state index contributed by atoms with van der Waals surface area (Å²) in [5, 5.41) is 3.23. The molecule has 20 heavy (non-hydrogen) atoms. The summed E-state index contributed by atoms with van der Waals surface area (Å²) in [7, 11) is 1.84. The Bertz CT molecular complexity index is 453. The molecule has 1 aromatic carbocycles. The topological polar surface area (TPSA) is 41.6 Å². The molecule has 0 saturated carbocycles. The third-order valence-corrected chi connectivity index (χ3v) is 3.46. The Hall–Kier alpha value is -1.10. The highest BCUT2D eigenvalue weighted by Crippen LogP contribution is 2.11. The van der Waals surface area contributed by atoms with Crippen LogP contribution in [0.15, 0.2) is 24.3 Å². The van der Waals surface area contributed by atoms with E-state index in [0.717, 1.165) is 12.1 Å². The monoisotopic (exact) mass is 298 g/mol. The fourth-order valence-corrected chi connectivity index (χ4v) is 2.41. The molecule has 2 atom stereocenters. The molecule has 2 rings (SSSR count). The number of halogens is 1. The van der Waals surface area contributed by atoms with Crippen molar-refractivity contribution in [2.75, 3.05) is 20.2 Å². The molecule has 1 fully saturated rings. The number of likely N-dealkylation sites (N-methyl/N-ethyl adjacent to an activating group) is 1. The van der Waals surface area contributed by atoms with Gasteiger partial charge in [-0.2, -0.15) is 0 Å². The molecular weight excluding hydrogens is 276 g/mol. The summed E-state index contributed by atoms with van der Waals surface area (Å²) < 4.78 is 5.52. The van der Waals surface area contributed by atoms with Crippen LogP contribution in [0.2, 0.25) is 0 Å². The number of rotatable bonds is 3. The minimum Gasteiger partial charge on any atom is -0.375 e. The summed E-state index contributed by atoms with van der Waals surface area (Å²) in [5.41, 5.74) is 2.37. The Morgan fingerprint density at radius 3 is 2.90 bits per heavy atom. The van der Waals surface area contributed by atoms with Gasteiger partial charge in [-0.1, -0.05) is 29.8 Å². The van der Waals surface area contributed by atoms with Gasteiger partial charge in [0.2, 0.25) is 5.91 Å². The minimum absolute atomic E-state index is 0. The third-order valence-electron chi connectivity index (χ3n) is 3.46. The number of nitrogens with zero attached hydrogens (tertiary/aromatic N) is 1. The summed E-state index contributed by atoms with van der Waals surface area (Å²) >= 11 is 0. The lowest BCUT2D eigenvalue weighted by atomic mass is 10.1. The van der Waals surface area contributed by atoms with Gasteiger partial charge in [-0.05, 0) is 19.4 Å². The maximum absolute atomic E-state index is 12.4. The number of carbonyl (C=O) groups excluding carboxylic acids is 1. The Morgan fingerprint density at radius 1 is 1.50 bits per heavy atom. The highest BCUT2D eigenvalue weighted by atomic mass is 35.5. The van der Waals surface area contributed by atoms with E-state index in [1.54, 1.807) is 4.90 Å². The van der Waals surface area contributed by atoms with Crippen LogP contribution in [0.1, 0.15) is 18.1 Å². The highest BCUT2D eigenvalue weighted by molar-refractivity contribution is 5.85. The average molecular weight is 299 g/mol. The van der Waals surface area contributed by atoms with E-state index >= 15 is 0 Å². The molecule has 0 aliphatic carbocycles. The number of carbonyl (C=O) groups is 1. The van der Waals surface area contributed by atoms with Crippen LogP contribution in [0, 0.1) is 6.92 Å². The van der Waals surface area contributed by atoms with Crippen molar-refractivity contribution in [3.05, 3.63) is 35.4 Å². The number of benzene rings is 1. The lowest BCUT2D eigenvalue weighted by Crippen LogP contribution is -2.55. The van der Waals surface area contributed by atoms with E-state index in [9.17, 15) is 4.79 Å². The molecule has 0 bridgehead atoms. The molecule has 1 N–H and O–H groups in total. The number of morpholine rings is 1. The number of amides is 1. The summed E-state index contributed by atoms with van der Waals surface area (Å²) in [6.07, 6.45) is -0.0683. The number of hydrogen-bond acceptors (Lipinski definition) is 3. The Morgan fingerprint density at radius 2 is 2.25 bits per heavy atom. The molecule has 0 spiro atoms. The Kier molecular flexibility index (Phi) is 6.46. The van der Waals surface area contributed by atoms with Crippen LogP contribution in [0.4, 0.5) is 0 Å². The van der Waals surface area contributed by atoms with Crippen molar-refractivity contribution in [3.63, 3.8) is 0 Å². The van der Waals surface area contributed by atoms with E-state index < -0.39 is 0 Å². The second-order valence-electron chi connectivity index (χ2n) is 5.19. The van der Waals surface area contributed by atoms with Crippen LogP contribution >= 0.6 is 12.4 Å². The van der Waals surface area contributed by atoms with Gasteiger partial charge in [0.1, 0.15) is 6.04 Å². The SMILES string of the molecule is Cc1cccc(CN(C)C(=O)[C@H]2NCCO[C@@H]2C)c1.Cl. The van der Waals surface area contributed by atoms with Gasteiger partial charge in [0.15, 0.2) is 0 Å². The normalized spacial score (nSPS) is 21.9. The number of nitrogens with one attached hydrogen (secondary N) is 1. The molecule has 1 heterocycles. The van der Waals surface area contributed by atoms with Crippen molar-refractivity contribution in [2.24, 2.45) is 0 Å². The number of hydrogen-bond donors (Lipinski definition) is 1. The van der Waals surface area contributed by atoms with Crippen molar-refractivity contribution < 1.29 is 9.53 Å². The van der Waals surface area contributed by atoms with Gasteiger partial charge < -0.3 is 15.0 Å². The first-order valence-corrected chi connectivity index (χ1v) is 6.73. The van der Waals surface area contributed by atoms with Crippen molar-refractivity contribution in [2.45, 2.75) is 32.5 Å². The molecule has 1 aliphatic heterocycles. The molecule has 4 nitrogen and oxygen atoms in total. The molecule has 1 saturated heterocycles. The van der Waals surface area contributed by atoms with Gasteiger partial charge in [0, 0.05) is 20.1 Å². The van der Waals surface area contributed by atoms with Gasteiger partial charge in [-0.15, -0.1) is 12.4 Å². The van der Waals surface area contributed by atoms with Gasteiger partial charge in [0.25, 0.3) is 0 Å². The van der Waals surface area contributed by atoms with E-state index in [1.807, 2.05) is 26.1 Å². The zero-order chi connectivity index (χ0) is 13.8. The van der Waals surface area contributed by atoms with Crippen molar-refractivity contribution in [1.29, 1.82) is 0 Å². The third kappa shape index (κ3) is 4.20. The largest absolute Gasteiger partial charge is 0.375 e. The van der Waals surface area contributed by atoms with Crippen LogP contribution in [0.5, 0.6) is 0 Å². The molecule has 0 radical (unpaired) electrons. The van der Waals surface area contributed by atoms with E-state index in [2.05, 4.69) is 24.4 Å². The van der Waals surface area contributed by atoms with Crippen molar-refractivity contribution in [3.8, 4) is 0 Å². The maximum Gasteiger partial charge on any atom is 0.242 e. The Balaban J connectivity index is 0.00000200. The zero-order valence-electron chi connectivity index (χ0n) is 12.3. The lowest BCUT2D eigenvalue weighted by Gasteiger charge is -2.32. The first-order chi connectivity index (χ1) is 9.08. The number of ether oxygens (including phenoxy) is 1. The molecule has 112 valence electrons. The maximum atomic E-state index is 12.4. The average Bonchev–Trinajstić information content (AvgIpc) is 2.38. The van der Waals surface area contributed by atoms with Crippen LogP contribution in [0.25, 0.3) is 0 Å². The van der Waals surface area contributed by atoms with Gasteiger partial charge in [-0.3, -0.25) is 4.79 Å². The van der Waals surface area contributed by atoms with Crippen molar-refractivity contribution in [1.82, 2.24) is 10.2 Å². The van der Waals surface area contributed by atoms with Crippen molar-refractivity contribution >= 4 is 18.3 Å². The van der Waals surface area contributed by atoms with Crippen LogP contribution < -0.4 is 5.32 Å². The summed E-state index contributed by atoms with van der Waals surface area (Å²) in [5.74, 6) is 0.0914. The summed E-state index contributed by atoms with van der Waals surface area (Å²) in [6, 6.07) is 8.00. The van der Waals surface area contributed by atoms with E-state index in [4.69, 9.17) is 4.74 Å². The molecular formula is C15H23ClN2O2. The van der Waals surface area contributed by atoms with Crippen LogP contribution in [-0.4, -0.2) is 43.2 Å². The fraction of sp³-hybridized carbons (Fsp3) is 0.533. The minimum atomic E-state index is -0.233.